The van der Waals surface area contributed by atoms with Gasteiger partial charge >= 0.3 is 0 Å². The van der Waals surface area contributed by atoms with Gasteiger partial charge < -0.3 is 15.0 Å². The highest BCUT2D eigenvalue weighted by atomic mass is 79.9. The molecule has 0 bridgehead atoms. The van der Waals surface area contributed by atoms with E-state index in [2.05, 4.69) is 41.0 Å². The summed E-state index contributed by atoms with van der Waals surface area (Å²) in [6.45, 7) is 4.14. The van der Waals surface area contributed by atoms with Crippen LogP contribution in [-0.2, 0) is 6.42 Å². The number of aromatic nitrogens is 1. The molecule has 4 nitrogen and oxygen atoms in total. The second kappa shape index (κ2) is 3.75. The number of fused-ring (bicyclic) bond motifs is 1. The fraction of sp³-hybridized carbons (Fsp3) is 0.308. The highest BCUT2D eigenvalue weighted by Crippen LogP contribution is 2.44. The van der Waals surface area contributed by atoms with Crippen molar-refractivity contribution in [3.8, 4) is 17.1 Å². The zero-order chi connectivity index (χ0) is 12.9. The lowest BCUT2D eigenvalue weighted by Gasteiger charge is -2.17. The molecule has 0 unspecified atom stereocenters. The maximum absolute atomic E-state index is 5.99. The molecule has 0 amide bonds. The summed E-state index contributed by atoms with van der Waals surface area (Å²) in [7, 11) is 0. The number of rotatable bonds is 1. The Morgan fingerprint density at radius 2 is 2.11 bits per heavy atom. The smallest absolute Gasteiger partial charge is 0.172 e. The highest BCUT2D eigenvalue weighted by molar-refractivity contribution is 9.10. The molecule has 2 heterocycles. The number of nitrogen functional groups attached to an aromatic ring is 1. The van der Waals surface area contributed by atoms with Gasteiger partial charge in [0.2, 0.25) is 0 Å². The first-order valence-corrected chi connectivity index (χ1v) is 6.48. The minimum atomic E-state index is -0.191. The molecule has 0 fully saturated rings. The monoisotopic (exact) mass is 308 g/mol. The number of hydrogen-bond donors (Lipinski definition) is 1. The van der Waals surface area contributed by atoms with Crippen LogP contribution >= 0.6 is 15.9 Å². The quantitative estimate of drug-likeness (QED) is 0.877. The first kappa shape index (κ1) is 11.6. The predicted octanol–water partition coefficient (Wildman–Crippen LogP) is 3.40. The van der Waals surface area contributed by atoms with E-state index in [1.54, 1.807) is 6.07 Å². The Hall–Kier alpha value is -1.49. The van der Waals surface area contributed by atoms with Gasteiger partial charge in [0.25, 0.3) is 0 Å². The zero-order valence-electron chi connectivity index (χ0n) is 10.2. The molecule has 1 aromatic heterocycles. The average Bonchev–Trinajstić information content (AvgIpc) is 2.79. The van der Waals surface area contributed by atoms with Gasteiger partial charge in [0.15, 0.2) is 11.6 Å². The van der Waals surface area contributed by atoms with Crippen LogP contribution in [0.4, 0.5) is 5.82 Å². The van der Waals surface area contributed by atoms with Gasteiger partial charge in [-0.05, 0) is 31.5 Å². The lowest BCUT2D eigenvalue weighted by Crippen LogP contribution is -2.24. The van der Waals surface area contributed by atoms with Crippen LogP contribution in [0.2, 0.25) is 0 Å². The largest absolute Gasteiger partial charge is 0.486 e. The number of halogens is 1. The summed E-state index contributed by atoms with van der Waals surface area (Å²) in [5.41, 5.74) is 7.45. The van der Waals surface area contributed by atoms with Crippen LogP contribution in [0.15, 0.2) is 27.2 Å². The Bertz CT molecular complexity index is 619. The number of ether oxygens (including phenoxy) is 1. The number of anilines is 1. The molecule has 0 radical (unpaired) electrons. The van der Waals surface area contributed by atoms with Gasteiger partial charge in [0.1, 0.15) is 11.4 Å². The van der Waals surface area contributed by atoms with Gasteiger partial charge in [-0.25, -0.2) is 0 Å². The van der Waals surface area contributed by atoms with Crippen LogP contribution < -0.4 is 10.5 Å². The van der Waals surface area contributed by atoms with Crippen molar-refractivity contribution in [2.45, 2.75) is 25.9 Å². The minimum Gasteiger partial charge on any atom is -0.486 e. The normalized spacial score (nSPS) is 16.4. The first-order valence-electron chi connectivity index (χ1n) is 5.69. The van der Waals surface area contributed by atoms with Crippen LogP contribution in [0.25, 0.3) is 11.3 Å². The summed E-state index contributed by atoms with van der Waals surface area (Å²) in [4.78, 5) is 0. The number of nitrogens with zero attached hydrogens (tertiary/aromatic N) is 1. The van der Waals surface area contributed by atoms with Gasteiger partial charge in [-0.3, -0.25) is 0 Å². The van der Waals surface area contributed by atoms with Crippen molar-refractivity contribution in [3.05, 3.63) is 28.2 Å². The fourth-order valence-corrected chi connectivity index (χ4v) is 2.78. The summed E-state index contributed by atoms with van der Waals surface area (Å²) < 4.78 is 12.2. The van der Waals surface area contributed by atoms with Gasteiger partial charge in [-0.2, -0.15) is 0 Å². The van der Waals surface area contributed by atoms with E-state index in [0.29, 0.717) is 11.6 Å². The average molecular weight is 309 g/mol. The Morgan fingerprint density at radius 1 is 1.33 bits per heavy atom. The molecular weight excluding hydrogens is 296 g/mol. The van der Waals surface area contributed by atoms with Crippen molar-refractivity contribution in [2.24, 2.45) is 0 Å². The molecule has 5 heteroatoms. The topological polar surface area (TPSA) is 61.3 Å². The maximum atomic E-state index is 5.99. The zero-order valence-corrected chi connectivity index (χ0v) is 11.7. The molecule has 18 heavy (non-hydrogen) atoms. The van der Waals surface area contributed by atoms with Gasteiger partial charge in [0, 0.05) is 17.0 Å². The molecule has 0 atom stereocenters. The lowest BCUT2D eigenvalue weighted by atomic mass is 10.00. The minimum absolute atomic E-state index is 0.191. The molecule has 1 aliphatic rings. The molecule has 1 aromatic carbocycles. The van der Waals surface area contributed by atoms with Crippen LogP contribution in [0.3, 0.4) is 0 Å². The Balaban J connectivity index is 2.17. The summed E-state index contributed by atoms with van der Waals surface area (Å²) in [5, 5.41) is 3.72. The number of hydrogen-bond acceptors (Lipinski definition) is 4. The van der Waals surface area contributed by atoms with E-state index >= 15 is 0 Å². The van der Waals surface area contributed by atoms with E-state index in [1.807, 2.05) is 6.07 Å². The SMILES string of the molecule is CC1(C)Cc2cc(Br)cc(-c3cc(N)no3)c2O1. The van der Waals surface area contributed by atoms with Crippen molar-refractivity contribution in [1.29, 1.82) is 0 Å². The van der Waals surface area contributed by atoms with Gasteiger partial charge in [-0.15, -0.1) is 0 Å². The molecule has 2 aromatic rings. The van der Waals surface area contributed by atoms with E-state index in [4.69, 9.17) is 15.0 Å². The second-order valence-corrected chi connectivity index (χ2v) is 6.01. The molecule has 1 aliphatic heterocycles. The molecule has 0 saturated carbocycles. The van der Waals surface area contributed by atoms with E-state index < -0.39 is 0 Å². The third kappa shape index (κ3) is 1.88. The van der Waals surface area contributed by atoms with Crippen LogP contribution in [0, 0.1) is 0 Å². The molecule has 94 valence electrons. The standard InChI is InChI=1S/C13H13BrN2O2/c1-13(2)6-7-3-8(14)4-9(12(7)17-13)10-5-11(15)16-18-10/h3-5H,6H2,1-2H3,(H2,15,16). The van der Waals surface area contributed by atoms with Crippen molar-refractivity contribution in [2.75, 3.05) is 5.73 Å². The van der Waals surface area contributed by atoms with E-state index in [1.165, 1.54) is 5.56 Å². The third-order valence-electron chi connectivity index (χ3n) is 2.92. The lowest BCUT2D eigenvalue weighted by molar-refractivity contribution is 0.139. The van der Waals surface area contributed by atoms with Gasteiger partial charge in [-0.1, -0.05) is 21.1 Å². The number of nitrogens with two attached hydrogens (primary N) is 1. The first-order chi connectivity index (χ1) is 8.44. The Morgan fingerprint density at radius 3 is 2.78 bits per heavy atom. The van der Waals surface area contributed by atoms with E-state index in [9.17, 15) is 0 Å². The maximum Gasteiger partial charge on any atom is 0.172 e. The number of benzene rings is 1. The van der Waals surface area contributed by atoms with E-state index in [-0.39, 0.29) is 5.60 Å². The second-order valence-electron chi connectivity index (χ2n) is 5.10. The van der Waals surface area contributed by atoms with Gasteiger partial charge in [0.05, 0.1) is 5.56 Å². The van der Waals surface area contributed by atoms with Crippen molar-refractivity contribution in [3.63, 3.8) is 0 Å². The van der Waals surface area contributed by atoms with Crippen LogP contribution in [0.5, 0.6) is 5.75 Å². The van der Waals surface area contributed by atoms with Crippen LogP contribution in [-0.4, -0.2) is 10.8 Å². The summed E-state index contributed by atoms with van der Waals surface area (Å²) in [5.74, 6) is 1.86. The molecule has 0 spiro atoms. The summed E-state index contributed by atoms with van der Waals surface area (Å²) >= 11 is 3.51. The molecule has 0 aliphatic carbocycles. The van der Waals surface area contributed by atoms with Crippen molar-refractivity contribution < 1.29 is 9.26 Å². The van der Waals surface area contributed by atoms with Crippen molar-refractivity contribution >= 4 is 21.7 Å². The molecule has 2 N–H and O–H groups in total. The highest BCUT2D eigenvalue weighted by Gasteiger charge is 2.33. The van der Waals surface area contributed by atoms with Crippen LogP contribution in [0.1, 0.15) is 19.4 Å². The fourth-order valence-electron chi connectivity index (χ4n) is 2.27. The molecule has 3 rings (SSSR count). The summed E-state index contributed by atoms with van der Waals surface area (Å²) in [6, 6.07) is 5.74. The third-order valence-corrected chi connectivity index (χ3v) is 3.38. The van der Waals surface area contributed by atoms with E-state index in [0.717, 1.165) is 22.2 Å². The molecular formula is C13H13BrN2O2. The Kier molecular flexibility index (Phi) is 2.41. The molecule has 0 saturated heterocycles. The Labute approximate surface area is 113 Å². The van der Waals surface area contributed by atoms with Crippen molar-refractivity contribution in [1.82, 2.24) is 5.16 Å². The predicted molar refractivity (Wildman–Crippen MR) is 72.5 cm³/mol. The summed E-state index contributed by atoms with van der Waals surface area (Å²) in [6.07, 6.45) is 0.873.